The lowest BCUT2D eigenvalue weighted by Gasteiger charge is -2.34. The van der Waals surface area contributed by atoms with Crippen molar-refractivity contribution in [3.8, 4) is 0 Å². The Bertz CT molecular complexity index is 473. The van der Waals surface area contributed by atoms with E-state index in [2.05, 4.69) is 9.80 Å². The third kappa shape index (κ3) is 26.2. The molecule has 0 spiro atoms. The van der Waals surface area contributed by atoms with E-state index in [1.807, 2.05) is 0 Å². The summed E-state index contributed by atoms with van der Waals surface area (Å²) in [6, 6.07) is 0. The van der Waals surface area contributed by atoms with Gasteiger partial charge in [0.1, 0.15) is 12.6 Å². The molecule has 40 heavy (non-hydrogen) atoms. The molecule has 236 valence electrons. The molecule has 4 nitrogen and oxygen atoms in total. The maximum absolute atomic E-state index is 10.3. The Hall–Kier alpha value is -0.740. The van der Waals surface area contributed by atoms with Crippen LogP contribution >= 0.6 is 0 Å². The van der Waals surface area contributed by atoms with Crippen molar-refractivity contribution in [1.29, 1.82) is 0 Å². The van der Waals surface area contributed by atoms with E-state index in [1.165, 1.54) is 193 Å². The zero-order valence-corrected chi connectivity index (χ0v) is 26.9. The second-order valence-corrected chi connectivity index (χ2v) is 12.8. The second-order valence-electron chi connectivity index (χ2n) is 12.8. The third-order valence-electron chi connectivity index (χ3n) is 9.06. The quantitative estimate of drug-likeness (QED) is 0.0604. The SMILES string of the molecule is O=CCCCCCCCCCCCCCCCN1CCN(CCCCCCCCCCCCCCCC=O)CC1. The Labute approximate surface area is 250 Å². The highest BCUT2D eigenvalue weighted by Gasteiger charge is 2.15. The van der Waals surface area contributed by atoms with Crippen LogP contribution in [0.1, 0.15) is 180 Å². The monoisotopic (exact) mass is 563 g/mol. The topological polar surface area (TPSA) is 40.6 Å². The van der Waals surface area contributed by atoms with Crippen LogP contribution in [-0.2, 0) is 9.59 Å². The van der Waals surface area contributed by atoms with Crippen molar-refractivity contribution in [2.45, 2.75) is 180 Å². The van der Waals surface area contributed by atoms with Crippen molar-refractivity contribution in [3.63, 3.8) is 0 Å². The van der Waals surface area contributed by atoms with Gasteiger partial charge in [-0.1, -0.05) is 141 Å². The van der Waals surface area contributed by atoms with Crippen LogP contribution in [-0.4, -0.2) is 61.6 Å². The number of piperazine rings is 1. The first kappa shape index (κ1) is 37.3. The van der Waals surface area contributed by atoms with E-state index in [0.717, 1.165) is 38.3 Å². The van der Waals surface area contributed by atoms with Crippen molar-refractivity contribution >= 4 is 12.6 Å². The lowest BCUT2D eigenvalue weighted by Crippen LogP contribution is -2.46. The molecule has 1 rings (SSSR count). The van der Waals surface area contributed by atoms with Gasteiger partial charge in [0.25, 0.3) is 0 Å². The van der Waals surface area contributed by atoms with Crippen LogP contribution in [0.3, 0.4) is 0 Å². The van der Waals surface area contributed by atoms with Gasteiger partial charge in [-0.3, -0.25) is 0 Å². The molecule has 0 N–H and O–H groups in total. The van der Waals surface area contributed by atoms with Gasteiger partial charge in [0.2, 0.25) is 0 Å². The maximum Gasteiger partial charge on any atom is 0.119 e. The van der Waals surface area contributed by atoms with Gasteiger partial charge < -0.3 is 19.4 Å². The average molecular weight is 563 g/mol. The Morgan fingerprint density at radius 3 is 0.725 bits per heavy atom. The van der Waals surface area contributed by atoms with Crippen LogP contribution in [0.2, 0.25) is 0 Å². The Kier molecular flexibility index (Phi) is 29.1. The lowest BCUT2D eigenvalue weighted by molar-refractivity contribution is -0.108. The number of nitrogens with zero attached hydrogens (tertiary/aromatic N) is 2. The van der Waals surface area contributed by atoms with E-state index in [4.69, 9.17) is 0 Å². The van der Waals surface area contributed by atoms with Gasteiger partial charge in [-0.2, -0.15) is 0 Å². The summed E-state index contributed by atoms with van der Waals surface area (Å²) in [4.78, 5) is 26.0. The molecule has 0 amide bonds. The predicted molar refractivity (Wildman–Crippen MR) is 174 cm³/mol. The minimum atomic E-state index is 0.756. The van der Waals surface area contributed by atoms with Crippen molar-refractivity contribution in [2.24, 2.45) is 0 Å². The molecular weight excluding hydrogens is 492 g/mol. The normalized spacial score (nSPS) is 14.6. The van der Waals surface area contributed by atoms with Crippen LogP contribution in [0.15, 0.2) is 0 Å². The van der Waals surface area contributed by atoms with Crippen LogP contribution < -0.4 is 0 Å². The largest absolute Gasteiger partial charge is 0.303 e. The van der Waals surface area contributed by atoms with E-state index in [-0.39, 0.29) is 0 Å². The number of unbranched alkanes of at least 4 members (excludes halogenated alkanes) is 26. The number of carbonyl (C=O) groups excluding carboxylic acids is 2. The molecule has 1 aliphatic rings. The van der Waals surface area contributed by atoms with Crippen molar-refractivity contribution in [1.82, 2.24) is 9.80 Å². The van der Waals surface area contributed by atoms with E-state index < -0.39 is 0 Å². The standard InChI is InChI=1S/C36H70N2O2/c39-35-27-23-19-15-11-7-3-1-5-9-13-17-21-25-29-37-31-33-38(34-32-37)30-26-22-18-14-10-6-2-4-8-12-16-20-24-28-36-40/h35-36H,1-34H2. The fourth-order valence-corrected chi connectivity index (χ4v) is 6.25. The highest BCUT2D eigenvalue weighted by molar-refractivity contribution is 5.49. The smallest absolute Gasteiger partial charge is 0.119 e. The Morgan fingerprint density at radius 1 is 0.300 bits per heavy atom. The summed E-state index contributed by atoms with van der Waals surface area (Å²) in [6.07, 6.45) is 39.2. The third-order valence-corrected chi connectivity index (χ3v) is 9.06. The molecule has 1 fully saturated rings. The second kappa shape index (κ2) is 31.2. The number of rotatable bonds is 32. The predicted octanol–water partition coefficient (Wildman–Crippen LogP) is 9.92. The Morgan fingerprint density at radius 2 is 0.500 bits per heavy atom. The van der Waals surface area contributed by atoms with Gasteiger partial charge in [-0.05, 0) is 38.8 Å². The zero-order valence-electron chi connectivity index (χ0n) is 26.9. The average Bonchev–Trinajstić information content (AvgIpc) is 2.98. The summed E-state index contributed by atoms with van der Waals surface area (Å²) >= 11 is 0. The fourth-order valence-electron chi connectivity index (χ4n) is 6.25. The number of carbonyl (C=O) groups is 2. The molecule has 1 aliphatic heterocycles. The first-order valence-corrected chi connectivity index (χ1v) is 18.2. The summed E-state index contributed by atoms with van der Waals surface area (Å²) in [5.41, 5.74) is 0. The Balaban J connectivity index is 1.74. The first-order valence-electron chi connectivity index (χ1n) is 18.2. The number of aldehydes is 2. The van der Waals surface area contributed by atoms with E-state index in [1.54, 1.807) is 0 Å². The number of hydrogen-bond acceptors (Lipinski definition) is 4. The molecule has 0 unspecified atom stereocenters. The van der Waals surface area contributed by atoms with Gasteiger partial charge in [-0.15, -0.1) is 0 Å². The highest BCUT2D eigenvalue weighted by Crippen LogP contribution is 2.15. The van der Waals surface area contributed by atoms with Gasteiger partial charge in [0.05, 0.1) is 0 Å². The van der Waals surface area contributed by atoms with Crippen molar-refractivity contribution in [2.75, 3.05) is 39.3 Å². The highest BCUT2D eigenvalue weighted by atomic mass is 16.1. The van der Waals surface area contributed by atoms with Crippen molar-refractivity contribution in [3.05, 3.63) is 0 Å². The first-order chi connectivity index (χ1) is 19.9. The van der Waals surface area contributed by atoms with Crippen LogP contribution in [0.4, 0.5) is 0 Å². The van der Waals surface area contributed by atoms with Gasteiger partial charge >= 0.3 is 0 Å². The van der Waals surface area contributed by atoms with Crippen LogP contribution in [0.5, 0.6) is 0 Å². The van der Waals surface area contributed by atoms with Crippen molar-refractivity contribution < 1.29 is 9.59 Å². The van der Waals surface area contributed by atoms with Gasteiger partial charge in [-0.25, -0.2) is 0 Å². The molecule has 0 saturated carbocycles. The lowest BCUT2D eigenvalue weighted by atomic mass is 10.0. The summed E-state index contributed by atoms with van der Waals surface area (Å²) < 4.78 is 0. The van der Waals surface area contributed by atoms with E-state index in [9.17, 15) is 9.59 Å². The summed E-state index contributed by atoms with van der Waals surface area (Å²) in [6.45, 7) is 7.79. The fraction of sp³-hybridized carbons (Fsp3) is 0.944. The molecule has 1 heterocycles. The molecule has 0 aliphatic carbocycles. The molecule has 0 atom stereocenters. The molecule has 0 radical (unpaired) electrons. The molecule has 0 aromatic carbocycles. The molecule has 1 saturated heterocycles. The molecule has 0 aromatic rings. The molecule has 0 bridgehead atoms. The summed E-state index contributed by atoms with van der Waals surface area (Å²) in [7, 11) is 0. The zero-order chi connectivity index (χ0) is 28.6. The van der Waals surface area contributed by atoms with E-state index in [0.29, 0.717) is 0 Å². The van der Waals surface area contributed by atoms with Gasteiger partial charge in [0.15, 0.2) is 0 Å². The minimum Gasteiger partial charge on any atom is -0.303 e. The van der Waals surface area contributed by atoms with Crippen LogP contribution in [0, 0.1) is 0 Å². The van der Waals surface area contributed by atoms with Gasteiger partial charge in [0, 0.05) is 39.0 Å². The molecule has 0 aromatic heterocycles. The summed E-state index contributed by atoms with van der Waals surface area (Å²) in [5, 5.41) is 0. The molecule has 4 heteroatoms. The van der Waals surface area contributed by atoms with E-state index >= 15 is 0 Å². The maximum atomic E-state index is 10.3. The minimum absolute atomic E-state index is 0.756. The molecular formula is C36H70N2O2. The number of hydrogen-bond donors (Lipinski definition) is 0. The van der Waals surface area contributed by atoms with Crippen LogP contribution in [0.25, 0.3) is 0 Å². The summed E-state index contributed by atoms with van der Waals surface area (Å²) in [5.74, 6) is 0.